The number of sulfonamides is 1. The second-order valence-electron chi connectivity index (χ2n) is 7.77. The smallest absolute Gasteiger partial charge is 0.267 e. The first-order valence-electron chi connectivity index (χ1n) is 8.82. The highest BCUT2D eigenvalue weighted by Gasteiger charge is 2.29. The third-order valence-corrected chi connectivity index (χ3v) is 5.49. The highest BCUT2D eigenvalue weighted by molar-refractivity contribution is 7.89. The number of carbonyl (C=O) groups excluding carboxylic acids is 1. The van der Waals surface area contributed by atoms with Crippen LogP contribution in [0, 0.1) is 0 Å². The molecule has 2 aromatic rings. The van der Waals surface area contributed by atoms with Crippen molar-refractivity contribution in [3.8, 4) is 0 Å². The number of nitrogens with zero attached hydrogens (tertiary/aromatic N) is 2. The maximum absolute atomic E-state index is 12.8. The van der Waals surface area contributed by atoms with Crippen molar-refractivity contribution in [3.63, 3.8) is 0 Å². The first-order chi connectivity index (χ1) is 13.0. The Morgan fingerprint density at radius 2 is 1.57 bits per heavy atom. The summed E-state index contributed by atoms with van der Waals surface area (Å²) in [7, 11) is -3.78. The Balaban J connectivity index is 1.87. The van der Waals surface area contributed by atoms with Crippen LogP contribution in [0.2, 0.25) is 0 Å². The lowest BCUT2D eigenvalue weighted by Gasteiger charge is -2.18. The van der Waals surface area contributed by atoms with Crippen molar-refractivity contribution in [3.05, 3.63) is 65.2 Å². The summed E-state index contributed by atoms with van der Waals surface area (Å²) >= 11 is 0. The van der Waals surface area contributed by atoms with E-state index in [1.165, 1.54) is 34.8 Å². The van der Waals surface area contributed by atoms with Crippen LogP contribution in [0.1, 0.15) is 38.8 Å². The highest BCUT2D eigenvalue weighted by Crippen LogP contribution is 2.27. The largest absolute Gasteiger partial charge is 0.280 e. The minimum Gasteiger partial charge on any atom is -0.267 e. The summed E-state index contributed by atoms with van der Waals surface area (Å²) < 4.78 is 22.8. The molecule has 6 nitrogen and oxygen atoms in total. The van der Waals surface area contributed by atoms with Gasteiger partial charge in [0.25, 0.3) is 5.91 Å². The van der Waals surface area contributed by atoms with Crippen LogP contribution in [0.15, 0.2) is 64.1 Å². The Labute approximate surface area is 165 Å². The van der Waals surface area contributed by atoms with Gasteiger partial charge in [-0.3, -0.25) is 4.79 Å². The van der Waals surface area contributed by atoms with E-state index in [1.54, 1.807) is 6.92 Å². The van der Waals surface area contributed by atoms with Crippen LogP contribution in [0.5, 0.6) is 0 Å². The number of nitrogens with two attached hydrogens (primary N) is 1. The average molecular weight is 398 g/mol. The number of hydrogen-bond donors (Lipinski definition) is 1. The molecule has 1 heterocycles. The van der Waals surface area contributed by atoms with Crippen LogP contribution in [-0.4, -0.2) is 20.0 Å². The number of carbonyl (C=O) groups is 1. The maximum Gasteiger partial charge on any atom is 0.280 e. The van der Waals surface area contributed by atoms with E-state index in [0.717, 1.165) is 5.56 Å². The Kier molecular flexibility index (Phi) is 4.99. The summed E-state index contributed by atoms with van der Waals surface area (Å²) in [6.45, 7) is 8.22. The van der Waals surface area contributed by atoms with Gasteiger partial charge in [0.2, 0.25) is 10.0 Å². The molecule has 3 rings (SSSR count). The fourth-order valence-corrected chi connectivity index (χ4v) is 3.40. The third-order valence-electron chi connectivity index (χ3n) is 4.56. The third kappa shape index (κ3) is 4.05. The molecule has 0 aliphatic carbocycles. The Morgan fingerprint density at radius 1 is 1.00 bits per heavy atom. The summed E-state index contributed by atoms with van der Waals surface area (Å²) in [5, 5.41) is 10.7. The fraction of sp³-hybridized carbons (Fsp3) is 0.238. The van der Waals surface area contributed by atoms with Crippen LogP contribution >= 0.6 is 0 Å². The predicted molar refractivity (Wildman–Crippen MR) is 112 cm³/mol. The lowest BCUT2D eigenvalue weighted by molar-refractivity contribution is -0.114. The number of hydrogen-bond acceptors (Lipinski definition) is 4. The van der Waals surface area contributed by atoms with Gasteiger partial charge in [-0.2, -0.15) is 10.1 Å². The lowest BCUT2D eigenvalue weighted by atomic mass is 9.86. The predicted octanol–water partition coefficient (Wildman–Crippen LogP) is 3.44. The number of amides is 1. The maximum atomic E-state index is 12.8. The van der Waals surface area contributed by atoms with E-state index in [4.69, 9.17) is 5.14 Å². The SMILES string of the molecule is CC1=NN(c2ccc(S(N)(=O)=O)cc2)C(=O)/C1=C\c1ccc(C(C)(C)C)cc1. The van der Waals surface area contributed by atoms with Crippen molar-refractivity contribution >= 4 is 33.4 Å². The van der Waals surface area contributed by atoms with Gasteiger partial charge >= 0.3 is 0 Å². The summed E-state index contributed by atoms with van der Waals surface area (Å²) in [4.78, 5) is 12.8. The Hall–Kier alpha value is -2.77. The molecule has 0 atom stereocenters. The van der Waals surface area contributed by atoms with Gasteiger partial charge in [-0.05, 0) is 53.8 Å². The molecule has 1 aliphatic rings. The van der Waals surface area contributed by atoms with Crippen molar-refractivity contribution in [2.45, 2.75) is 38.0 Å². The van der Waals surface area contributed by atoms with Crippen LogP contribution < -0.4 is 10.1 Å². The molecule has 0 bridgehead atoms. The highest BCUT2D eigenvalue weighted by atomic mass is 32.2. The molecule has 0 unspecified atom stereocenters. The fourth-order valence-electron chi connectivity index (χ4n) is 2.88. The quantitative estimate of drug-likeness (QED) is 0.804. The van der Waals surface area contributed by atoms with E-state index in [2.05, 4.69) is 38.0 Å². The zero-order chi connectivity index (χ0) is 20.7. The van der Waals surface area contributed by atoms with Gasteiger partial charge in [-0.15, -0.1) is 0 Å². The van der Waals surface area contributed by atoms with Gasteiger partial charge in [0.05, 0.1) is 21.9 Å². The number of hydrazone groups is 1. The van der Waals surface area contributed by atoms with Crippen molar-refractivity contribution in [1.82, 2.24) is 0 Å². The van der Waals surface area contributed by atoms with E-state index in [1.807, 2.05) is 18.2 Å². The molecule has 1 amide bonds. The second-order valence-corrected chi connectivity index (χ2v) is 9.33. The topological polar surface area (TPSA) is 92.8 Å². The normalized spacial score (nSPS) is 16.6. The Morgan fingerprint density at radius 3 is 2.07 bits per heavy atom. The molecule has 7 heteroatoms. The summed E-state index contributed by atoms with van der Waals surface area (Å²) in [6, 6.07) is 13.8. The van der Waals surface area contributed by atoms with E-state index in [-0.39, 0.29) is 16.2 Å². The van der Waals surface area contributed by atoms with E-state index >= 15 is 0 Å². The van der Waals surface area contributed by atoms with Crippen LogP contribution in [0.3, 0.4) is 0 Å². The van der Waals surface area contributed by atoms with Gasteiger partial charge in [-0.25, -0.2) is 13.6 Å². The molecule has 0 spiro atoms. The summed E-state index contributed by atoms with van der Waals surface area (Å²) in [5.41, 5.74) is 3.76. The molecule has 1 aliphatic heterocycles. The minimum absolute atomic E-state index is 0.0155. The van der Waals surface area contributed by atoms with Gasteiger partial charge < -0.3 is 0 Å². The zero-order valence-electron chi connectivity index (χ0n) is 16.3. The molecule has 28 heavy (non-hydrogen) atoms. The van der Waals surface area contributed by atoms with Crippen molar-refractivity contribution in [1.29, 1.82) is 0 Å². The van der Waals surface area contributed by atoms with Crippen molar-refractivity contribution in [2.75, 3.05) is 5.01 Å². The number of anilines is 1. The monoisotopic (exact) mass is 397 g/mol. The average Bonchev–Trinajstić information content (AvgIpc) is 2.89. The van der Waals surface area contributed by atoms with Gasteiger partial charge in [0.15, 0.2) is 0 Å². The standard InChI is InChI=1S/C21H23N3O3S/c1-14-19(13-15-5-7-16(8-6-15)21(2,3)4)20(25)24(23-14)17-9-11-18(12-10-17)28(22,26)27/h5-13H,1-4H3,(H2,22,26,27)/b19-13-. The van der Waals surface area contributed by atoms with Crippen LogP contribution in [-0.2, 0) is 20.2 Å². The van der Waals surface area contributed by atoms with Gasteiger partial charge in [-0.1, -0.05) is 45.0 Å². The molecule has 0 saturated heterocycles. The molecule has 146 valence electrons. The van der Waals surface area contributed by atoms with E-state index in [9.17, 15) is 13.2 Å². The zero-order valence-corrected chi connectivity index (χ0v) is 17.1. The molecule has 0 saturated carbocycles. The minimum atomic E-state index is -3.78. The number of benzene rings is 2. The van der Waals surface area contributed by atoms with Gasteiger partial charge in [0.1, 0.15) is 0 Å². The molecule has 0 radical (unpaired) electrons. The molecule has 0 fully saturated rings. The lowest BCUT2D eigenvalue weighted by Crippen LogP contribution is -2.21. The number of primary sulfonamides is 1. The Bertz CT molecular complexity index is 1080. The van der Waals surface area contributed by atoms with E-state index in [0.29, 0.717) is 17.0 Å². The molecule has 2 N–H and O–H groups in total. The van der Waals surface area contributed by atoms with Gasteiger partial charge in [0, 0.05) is 0 Å². The molecule has 2 aromatic carbocycles. The molecule has 0 aromatic heterocycles. The first kappa shape index (κ1) is 20.0. The summed E-state index contributed by atoms with van der Waals surface area (Å²) in [5.74, 6) is -0.263. The van der Waals surface area contributed by atoms with Crippen molar-refractivity contribution < 1.29 is 13.2 Å². The first-order valence-corrected chi connectivity index (χ1v) is 10.4. The van der Waals surface area contributed by atoms with Crippen LogP contribution in [0.25, 0.3) is 6.08 Å². The second kappa shape index (κ2) is 7.00. The van der Waals surface area contributed by atoms with Crippen LogP contribution in [0.4, 0.5) is 5.69 Å². The van der Waals surface area contributed by atoms with E-state index < -0.39 is 10.0 Å². The molecular weight excluding hydrogens is 374 g/mol. The van der Waals surface area contributed by atoms with Crippen molar-refractivity contribution in [2.24, 2.45) is 10.2 Å². The summed E-state index contributed by atoms with van der Waals surface area (Å²) in [6.07, 6.45) is 1.81. The number of rotatable bonds is 3. The molecular formula is C21H23N3O3S.